The highest BCUT2D eigenvalue weighted by Crippen LogP contribution is 2.71. The largest absolute Gasteiger partial charge is 0.485 e. The van der Waals surface area contributed by atoms with Gasteiger partial charge in [-0.05, 0) is 189 Å². The summed E-state index contributed by atoms with van der Waals surface area (Å²) in [4.78, 5) is 13.1. The summed E-state index contributed by atoms with van der Waals surface area (Å²) in [5, 5.41) is 101. The molecule has 9 aliphatic rings. The van der Waals surface area contributed by atoms with Crippen LogP contribution in [0.3, 0.4) is 0 Å². The molecule has 2 saturated heterocycles. The molecule has 79 heavy (non-hydrogen) atoms. The van der Waals surface area contributed by atoms with Crippen molar-refractivity contribution in [2.45, 2.75) is 206 Å². The summed E-state index contributed by atoms with van der Waals surface area (Å²) in [5.74, 6) is -0.782. The predicted molar refractivity (Wildman–Crippen MR) is 304 cm³/mol. The fourth-order valence-electron chi connectivity index (χ4n) is 18.4. The van der Waals surface area contributed by atoms with E-state index in [2.05, 4.69) is 29.9 Å². The van der Waals surface area contributed by atoms with Crippen LogP contribution in [-0.4, -0.2) is 158 Å². The topological polar surface area (TPSA) is 245 Å². The molecule has 5 saturated carbocycles. The van der Waals surface area contributed by atoms with Crippen LogP contribution in [0.15, 0.2) is 35.0 Å². The Morgan fingerprint density at radius 2 is 1.80 bits per heavy atom. The van der Waals surface area contributed by atoms with Crippen LogP contribution in [0.25, 0.3) is 11.0 Å². The zero-order valence-electron chi connectivity index (χ0n) is 47.3. The highest BCUT2D eigenvalue weighted by Gasteiger charge is 2.78. The third-order valence-corrected chi connectivity index (χ3v) is 25.6. The summed E-state index contributed by atoms with van der Waals surface area (Å²) >= 11 is 0. The highest BCUT2D eigenvalue weighted by molar-refractivity contribution is 8.77. The lowest BCUT2D eigenvalue weighted by Gasteiger charge is -2.67. The van der Waals surface area contributed by atoms with Crippen LogP contribution in [-0.2, 0) is 20.7 Å². The Morgan fingerprint density at radius 1 is 0.949 bits per heavy atom. The molecule has 2 aromatic rings. The molecule has 18 heteroatoms. The number of carbonyl (C=O) groups is 1. The monoisotopic (exact) mass is 1140 g/mol. The zero-order chi connectivity index (χ0) is 55.5. The lowest BCUT2D eigenvalue weighted by Crippen LogP contribution is -2.86. The minimum atomic E-state index is -2.49. The average Bonchev–Trinajstić information content (AvgIpc) is 4.40. The fraction of sp³-hybridized carbons (Fsp3) is 0.820. The number of esters is 1. The second-order valence-corrected chi connectivity index (χ2v) is 29.1. The number of rotatable bonds is 11. The number of allylic oxidation sites excluding steroid dienone is 1. The van der Waals surface area contributed by atoms with Gasteiger partial charge in [-0.1, -0.05) is 59.9 Å². The lowest BCUT2D eigenvalue weighted by molar-refractivity contribution is -0.424. The van der Waals surface area contributed by atoms with E-state index in [0.717, 1.165) is 83.6 Å². The number of ether oxygens (including phenoxy) is 4. The minimum Gasteiger partial charge on any atom is -0.485 e. The van der Waals surface area contributed by atoms with Crippen LogP contribution in [0.2, 0.25) is 0 Å². The SMILES string of the molecule is CCOC(=O)CCc1cc2ccoc2c2c1OC1OC3(CSSC4(CCC5(CC6CCC(NC)C6C5)C4CCC4(O)CCCC(CNC)C4)C(CCC(C)CCCC3O)NCCO2)C2(O)CC3C=CC(O)C(CO)C3C1(O)C2O. The van der Waals surface area contributed by atoms with Crippen LogP contribution in [0.4, 0.5) is 0 Å². The van der Waals surface area contributed by atoms with Crippen molar-refractivity contribution in [2.75, 3.05) is 52.8 Å². The van der Waals surface area contributed by atoms with Crippen molar-refractivity contribution < 1.29 is 63.9 Å². The van der Waals surface area contributed by atoms with Crippen molar-refractivity contribution in [3.8, 4) is 11.5 Å². The molecular weight excluding hydrogens is 1050 g/mol. The van der Waals surface area contributed by atoms with Gasteiger partial charge in [0, 0.05) is 59.4 Å². The van der Waals surface area contributed by atoms with Gasteiger partial charge in [0.05, 0.1) is 30.7 Å². The van der Waals surface area contributed by atoms with Crippen LogP contribution in [0, 0.1) is 52.8 Å². The number of benzene rings is 1. The molecule has 20 atom stereocenters. The molecule has 20 unspecified atom stereocenters. The van der Waals surface area contributed by atoms with Crippen molar-refractivity contribution in [1.82, 2.24) is 16.0 Å². The Kier molecular flexibility index (Phi) is 17.3. The first-order valence-electron chi connectivity index (χ1n) is 30.5. The van der Waals surface area contributed by atoms with Gasteiger partial charge in [-0.2, -0.15) is 0 Å². The Bertz CT molecular complexity index is 2490. The highest BCUT2D eigenvalue weighted by atomic mass is 33.1. The first-order chi connectivity index (χ1) is 38.0. The van der Waals surface area contributed by atoms with Crippen LogP contribution < -0.4 is 25.4 Å². The standard InChI is InChI=1S/C61H93N3O13S2/c1-5-73-49(68)18-14-38-28-39-20-26-74-51(39)53-52(38)76-55-61(72)50-41(13-16-45(66)43(50)34-65)31-59(71,54(61)69)60(77-55)35-78-79-58(47(64-25-27-75-53)17-11-36(2)8-6-10-48(60)67)24-23-56(30-40-12-15-44(63-4)42(40)32-56)46(58)19-22-57(70)21-7-9-37(29-57)33-62-3/h13,16,20,26,28,36-37,40-48,50,54-55,62-67,69-72H,5-12,14-15,17-19,21-25,27,29-35H2,1-4H3. The molecule has 10 N–H and O–H groups in total. The van der Waals surface area contributed by atoms with E-state index >= 15 is 0 Å². The van der Waals surface area contributed by atoms with E-state index in [1.165, 1.54) is 12.8 Å². The van der Waals surface area contributed by atoms with Gasteiger partial charge in [0.25, 0.3) is 0 Å². The van der Waals surface area contributed by atoms with Gasteiger partial charge < -0.3 is 75.1 Å². The molecule has 0 amide bonds. The molecule has 4 heterocycles. The quantitative estimate of drug-likeness (QED) is 0.0651. The Balaban J connectivity index is 1.08. The number of aliphatic hydroxyl groups is 7. The van der Waals surface area contributed by atoms with E-state index in [-0.39, 0.29) is 73.5 Å². The molecule has 3 spiro atoms. The number of aliphatic hydroxyl groups excluding tert-OH is 4. The number of carbonyl (C=O) groups excluding carboxylic acids is 1. The van der Waals surface area contributed by atoms with Crippen LogP contribution >= 0.6 is 21.6 Å². The van der Waals surface area contributed by atoms with Crippen molar-refractivity contribution in [3.05, 3.63) is 36.1 Å². The summed E-state index contributed by atoms with van der Waals surface area (Å²) in [7, 11) is 7.57. The van der Waals surface area contributed by atoms with Gasteiger partial charge in [-0.3, -0.25) is 4.79 Å². The smallest absolute Gasteiger partial charge is 0.306 e. The maximum Gasteiger partial charge on any atom is 0.306 e. The van der Waals surface area contributed by atoms with Crippen molar-refractivity contribution in [3.63, 3.8) is 0 Å². The second-order valence-electron chi connectivity index (χ2n) is 26.4. The molecule has 3 aliphatic heterocycles. The minimum absolute atomic E-state index is 0.00975. The zero-order valence-corrected chi connectivity index (χ0v) is 48.9. The molecule has 11 rings (SSSR count). The average molecular weight is 1140 g/mol. The summed E-state index contributed by atoms with van der Waals surface area (Å²) in [6, 6.07) is 4.12. The van der Waals surface area contributed by atoms with Gasteiger partial charge in [0.2, 0.25) is 12.0 Å². The summed E-state index contributed by atoms with van der Waals surface area (Å²) in [6.07, 6.45) is 13.9. The maximum absolute atomic E-state index is 13.9. The van der Waals surface area contributed by atoms with E-state index in [1.807, 2.05) is 30.0 Å². The molecule has 16 nitrogen and oxygen atoms in total. The lowest BCUT2D eigenvalue weighted by atomic mass is 9.50. The van der Waals surface area contributed by atoms with E-state index in [1.54, 1.807) is 36.1 Å². The number of hydrogen-bond donors (Lipinski definition) is 10. The van der Waals surface area contributed by atoms with E-state index in [0.29, 0.717) is 65.6 Å². The molecule has 1 aromatic heterocycles. The summed E-state index contributed by atoms with van der Waals surface area (Å²) in [6.45, 7) is 5.22. The Labute approximate surface area is 475 Å². The summed E-state index contributed by atoms with van der Waals surface area (Å²) in [5.41, 5.74) is -6.60. The van der Waals surface area contributed by atoms with Gasteiger partial charge in [-0.25, -0.2) is 0 Å². The van der Waals surface area contributed by atoms with Crippen molar-refractivity contribution in [1.29, 1.82) is 0 Å². The third-order valence-electron chi connectivity index (χ3n) is 22.2. The van der Waals surface area contributed by atoms with Gasteiger partial charge in [-0.15, -0.1) is 0 Å². The predicted octanol–water partition coefficient (Wildman–Crippen LogP) is 6.56. The maximum atomic E-state index is 13.9. The van der Waals surface area contributed by atoms with Crippen molar-refractivity contribution >= 4 is 38.5 Å². The van der Waals surface area contributed by atoms with E-state index in [4.69, 9.17) is 23.4 Å². The number of hydrogen-bond acceptors (Lipinski definition) is 18. The molecule has 442 valence electrons. The number of furan rings is 1. The van der Waals surface area contributed by atoms with Crippen LogP contribution in [0.5, 0.6) is 11.5 Å². The number of fused-ring (bicyclic) bond motifs is 12. The Hall–Kier alpha value is -2.17. The third kappa shape index (κ3) is 10.2. The number of nitrogens with one attached hydrogen (secondary N) is 3. The molecular formula is C61H93N3O13S2. The van der Waals surface area contributed by atoms with Gasteiger partial charge >= 0.3 is 5.97 Å². The fourth-order valence-corrected chi connectivity index (χ4v) is 22.7. The molecule has 6 aliphatic carbocycles. The molecule has 0 radical (unpaired) electrons. The van der Waals surface area contributed by atoms with Gasteiger partial charge in [0.15, 0.2) is 16.9 Å². The molecule has 5 bridgehead atoms. The summed E-state index contributed by atoms with van der Waals surface area (Å²) < 4.78 is 32.8. The first kappa shape index (κ1) is 58.6. The first-order valence-corrected chi connectivity index (χ1v) is 32.8. The van der Waals surface area contributed by atoms with Crippen LogP contribution in [0.1, 0.15) is 141 Å². The molecule has 7 fully saturated rings. The normalized spacial score (nSPS) is 45.2. The van der Waals surface area contributed by atoms with E-state index < -0.39 is 82.1 Å². The van der Waals surface area contributed by atoms with E-state index in [9.17, 15) is 40.5 Å². The second kappa shape index (κ2) is 23.4. The van der Waals surface area contributed by atoms with Crippen molar-refractivity contribution in [2.24, 2.45) is 52.8 Å². The molecule has 1 aromatic carbocycles. The van der Waals surface area contributed by atoms with Gasteiger partial charge in [0.1, 0.15) is 23.9 Å². The Morgan fingerprint density at radius 3 is 2.59 bits per heavy atom. The number of aryl methyl sites for hydroxylation is 1.